The molecule has 1 amide bonds. The molecule has 0 spiro atoms. The van der Waals surface area contributed by atoms with Crippen molar-refractivity contribution in [1.29, 1.82) is 5.26 Å². The molecule has 0 bridgehead atoms. The molecule has 0 saturated carbocycles. The summed E-state index contributed by atoms with van der Waals surface area (Å²) >= 11 is 0. The molecule has 0 atom stereocenters. The molecule has 1 aromatic carbocycles. The Morgan fingerprint density at radius 2 is 2.00 bits per heavy atom. The molecule has 17 heavy (non-hydrogen) atoms. The van der Waals surface area contributed by atoms with E-state index in [9.17, 15) is 4.79 Å². The van der Waals surface area contributed by atoms with Gasteiger partial charge in [0.2, 0.25) is 5.91 Å². The second kappa shape index (κ2) is 6.54. The van der Waals surface area contributed by atoms with Crippen molar-refractivity contribution < 1.29 is 4.79 Å². The Morgan fingerprint density at radius 1 is 1.35 bits per heavy atom. The van der Waals surface area contributed by atoms with Crippen LogP contribution in [0.4, 0.5) is 5.69 Å². The van der Waals surface area contributed by atoms with Gasteiger partial charge in [-0.15, -0.1) is 0 Å². The standard InChI is InChI=1S/C13H17N3O/c1-16(2)13(17)4-3-9-15-12-7-5-11(10-14)6-8-12/h5-8,15H,3-4,9H2,1-2H3. The molecule has 0 aliphatic rings. The van der Waals surface area contributed by atoms with Crippen molar-refractivity contribution >= 4 is 11.6 Å². The predicted octanol–water partition coefficient (Wildman–Crippen LogP) is 1.84. The first-order chi connectivity index (χ1) is 8.13. The maximum Gasteiger partial charge on any atom is 0.222 e. The van der Waals surface area contributed by atoms with E-state index in [-0.39, 0.29) is 5.91 Å². The molecule has 0 aliphatic carbocycles. The van der Waals surface area contributed by atoms with Gasteiger partial charge in [-0.05, 0) is 30.7 Å². The fourth-order valence-corrected chi connectivity index (χ4v) is 1.36. The third kappa shape index (κ3) is 4.56. The maximum absolute atomic E-state index is 11.3. The van der Waals surface area contributed by atoms with Crippen LogP contribution in [-0.2, 0) is 4.79 Å². The molecule has 90 valence electrons. The van der Waals surface area contributed by atoms with Gasteiger partial charge in [-0.2, -0.15) is 5.26 Å². The lowest BCUT2D eigenvalue weighted by atomic mass is 10.2. The third-order valence-corrected chi connectivity index (χ3v) is 2.41. The zero-order valence-electron chi connectivity index (χ0n) is 10.2. The van der Waals surface area contributed by atoms with Crippen LogP contribution < -0.4 is 5.32 Å². The van der Waals surface area contributed by atoms with E-state index in [4.69, 9.17) is 5.26 Å². The molecule has 1 N–H and O–H groups in total. The lowest BCUT2D eigenvalue weighted by molar-refractivity contribution is -0.128. The second-order valence-corrected chi connectivity index (χ2v) is 4.01. The van der Waals surface area contributed by atoms with E-state index < -0.39 is 0 Å². The number of amides is 1. The predicted molar refractivity (Wildman–Crippen MR) is 67.6 cm³/mol. The van der Waals surface area contributed by atoms with Crippen molar-refractivity contribution in [2.45, 2.75) is 12.8 Å². The summed E-state index contributed by atoms with van der Waals surface area (Å²) in [5.74, 6) is 0.145. The van der Waals surface area contributed by atoms with E-state index in [1.807, 2.05) is 12.1 Å². The molecule has 0 heterocycles. The highest BCUT2D eigenvalue weighted by atomic mass is 16.2. The quantitative estimate of drug-likeness (QED) is 0.787. The average molecular weight is 231 g/mol. The zero-order chi connectivity index (χ0) is 12.7. The highest BCUT2D eigenvalue weighted by Gasteiger charge is 2.02. The number of carbonyl (C=O) groups is 1. The number of nitrogens with zero attached hydrogens (tertiary/aromatic N) is 2. The SMILES string of the molecule is CN(C)C(=O)CCCNc1ccc(C#N)cc1. The van der Waals surface area contributed by atoms with Crippen molar-refractivity contribution in [3.05, 3.63) is 29.8 Å². The summed E-state index contributed by atoms with van der Waals surface area (Å²) in [6, 6.07) is 9.35. The van der Waals surface area contributed by atoms with Gasteiger partial charge in [0.15, 0.2) is 0 Å². The fourth-order valence-electron chi connectivity index (χ4n) is 1.36. The molecular weight excluding hydrogens is 214 g/mol. The van der Waals surface area contributed by atoms with Crippen molar-refractivity contribution in [2.75, 3.05) is 26.0 Å². The summed E-state index contributed by atoms with van der Waals surface area (Å²) in [7, 11) is 3.52. The number of nitriles is 1. The second-order valence-electron chi connectivity index (χ2n) is 4.01. The molecule has 0 unspecified atom stereocenters. The first kappa shape index (κ1) is 13.0. The van der Waals surface area contributed by atoms with Crippen LogP contribution in [0.25, 0.3) is 0 Å². The molecule has 1 aromatic rings. The minimum absolute atomic E-state index is 0.145. The van der Waals surface area contributed by atoms with E-state index in [2.05, 4.69) is 11.4 Å². The van der Waals surface area contributed by atoms with Gasteiger partial charge in [-0.1, -0.05) is 0 Å². The number of carbonyl (C=O) groups excluding carboxylic acids is 1. The highest BCUT2D eigenvalue weighted by Crippen LogP contribution is 2.08. The molecule has 0 aromatic heterocycles. The summed E-state index contributed by atoms with van der Waals surface area (Å²) in [4.78, 5) is 12.9. The summed E-state index contributed by atoms with van der Waals surface area (Å²) in [6.45, 7) is 0.755. The summed E-state index contributed by atoms with van der Waals surface area (Å²) in [5, 5.41) is 11.9. The van der Waals surface area contributed by atoms with Gasteiger partial charge in [0.1, 0.15) is 0 Å². The normalized spacial score (nSPS) is 9.47. The van der Waals surface area contributed by atoms with Crippen LogP contribution in [0.15, 0.2) is 24.3 Å². The molecule has 4 heteroatoms. The lowest BCUT2D eigenvalue weighted by Gasteiger charge is -2.10. The van der Waals surface area contributed by atoms with Crippen LogP contribution in [0.3, 0.4) is 0 Å². The Balaban J connectivity index is 2.27. The molecule has 4 nitrogen and oxygen atoms in total. The monoisotopic (exact) mass is 231 g/mol. The van der Waals surface area contributed by atoms with Gasteiger partial charge >= 0.3 is 0 Å². The highest BCUT2D eigenvalue weighted by molar-refractivity contribution is 5.75. The largest absolute Gasteiger partial charge is 0.385 e. The number of rotatable bonds is 5. The number of benzene rings is 1. The molecule has 1 rings (SSSR count). The van der Waals surface area contributed by atoms with Crippen molar-refractivity contribution in [3.63, 3.8) is 0 Å². The van der Waals surface area contributed by atoms with Crippen molar-refractivity contribution in [2.24, 2.45) is 0 Å². The van der Waals surface area contributed by atoms with Crippen LogP contribution in [0.5, 0.6) is 0 Å². The van der Waals surface area contributed by atoms with Gasteiger partial charge in [-0.3, -0.25) is 4.79 Å². The van der Waals surface area contributed by atoms with Crippen molar-refractivity contribution in [1.82, 2.24) is 4.90 Å². The minimum atomic E-state index is 0.145. The van der Waals surface area contributed by atoms with Gasteiger partial charge in [0.25, 0.3) is 0 Å². The fraction of sp³-hybridized carbons (Fsp3) is 0.385. The van der Waals surface area contributed by atoms with Crippen molar-refractivity contribution in [3.8, 4) is 6.07 Å². The van der Waals surface area contributed by atoms with Crippen LogP contribution in [0.1, 0.15) is 18.4 Å². The van der Waals surface area contributed by atoms with E-state index in [0.29, 0.717) is 12.0 Å². The van der Waals surface area contributed by atoms with E-state index in [1.54, 1.807) is 31.1 Å². The number of anilines is 1. The smallest absolute Gasteiger partial charge is 0.222 e. The molecule has 0 saturated heterocycles. The lowest BCUT2D eigenvalue weighted by Crippen LogP contribution is -2.21. The summed E-state index contributed by atoms with van der Waals surface area (Å²) in [6.07, 6.45) is 1.35. The van der Waals surface area contributed by atoms with Gasteiger partial charge in [0.05, 0.1) is 11.6 Å². The Kier molecular flexibility index (Phi) is 5.02. The molecule has 0 fully saturated rings. The average Bonchev–Trinajstić information content (AvgIpc) is 2.35. The first-order valence-corrected chi connectivity index (χ1v) is 5.57. The van der Waals surface area contributed by atoms with E-state index in [1.165, 1.54) is 0 Å². The summed E-state index contributed by atoms with van der Waals surface area (Å²) in [5.41, 5.74) is 1.62. The summed E-state index contributed by atoms with van der Waals surface area (Å²) < 4.78 is 0. The third-order valence-electron chi connectivity index (χ3n) is 2.41. The number of hydrogen-bond acceptors (Lipinski definition) is 3. The Hall–Kier alpha value is -2.02. The number of nitrogens with one attached hydrogen (secondary N) is 1. The van der Waals surface area contributed by atoms with Crippen LogP contribution >= 0.6 is 0 Å². The Bertz CT molecular complexity index is 404. The van der Waals surface area contributed by atoms with E-state index in [0.717, 1.165) is 18.7 Å². The molecule has 0 radical (unpaired) electrons. The van der Waals surface area contributed by atoms with Crippen LogP contribution in [0, 0.1) is 11.3 Å². The minimum Gasteiger partial charge on any atom is -0.385 e. The molecular formula is C13H17N3O. The van der Waals surface area contributed by atoms with Crippen LogP contribution in [0.2, 0.25) is 0 Å². The Labute approximate surface area is 102 Å². The molecule has 0 aliphatic heterocycles. The zero-order valence-corrected chi connectivity index (χ0v) is 10.2. The first-order valence-electron chi connectivity index (χ1n) is 5.57. The van der Waals surface area contributed by atoms with Gasteiger partial charge < -0.3 is 10.2 Å². The maximum atomic E-state index is 11.3. The topological polar surface area (TPSA) is 56.1 Å². The van der Waals surface area contributed by atoms with E-state index >= 15 is 0 Å². The van der Waals surface area contributed by atoms with Crippen LogP contribution in [-0.4, -0.2) is 31.4 Å². The number of hydrogen-bond donors (Lipinski definition) is 1. The van der Waals surface area contributed by atoms with Gasteiger partial charge in [0, 0.05) is 32.7 Å². The Morgan fingerprint density at radius 3 is 2.53 bits per heavy atom. The van der Waals surface area contributed by atoms with Gasteiger partial charge in [-0.25, -0.2) is 0 Å².